The molecule has 0 aliphatic carbocycles. The fraction of sp³-hybridized carbons (Fsp3) is 0.444. The van der Waals surface area contributed by atoms with E-state index in [9.17, 15) is 24.3 Å². The predicted octanol–water partition coefficient (Wildman–Crippen LogP) is 0.913. The summed E-state index contributed by atoms with van der Waals surface area (Å²) in [6, 6.07) is 4.07. The molecule has 0 bridgehead atoms. The number of benzene rings is 1. The topological polar surface area (TPSA) is 113 Å². The molecule has 0 spiro atoms. The minimum absolute atomic E-state index is 0.0739. The average Bonchev–Trinajstić information content (AvgIpc) is 2.84. The summed E-state index contributed by atoms with van der Waals surface area (Å²) >= 11 is 0. The first-order chi connectivity index (χ1) is 12.3. The van der Waals surface area contributed by atoms with Crippen molar-refractivity contribution in [1.82, 2.24) is 10.2 Å². The predicted molar refractivity (Wildman–Crippen MR) is 91.6 cm³/mol. The van der Waals surface area contributed by atoms with Gasteiger partial charge in [-0.15, -0.1) is 0 Å². The van der Waals surface area contributed by atoms with Gasteiger partial charge in [0.15, 0.2) is 0 Å². The molecule has 8 heteroatoms. The third-order valence-corrected chi connectivity index (χ3v) is 4.23. The van der Waals surface area contributed by atoms with Gasteiger partial charge in [-0.3, -0.25) is 19.3 Å². The number of rotatable bonds is 8. The quantitative estimate of drug-likeness (QED) is 0.665. The molecular formula is C18H22N2O6. The number of fused-ring (bicyclic) bond motifs is 1. The monoisotopic (exact) mass is 362 g/mol. The van der Waals surface area contributed by atoms with E-state index >= 15 is 0 Å². The standard InChI is InChI=1S/C18H22N2O6/c1-10(2)14(15(21)19-13(18(24)25)8-9-26-3)20-16(22)11-6-4-5-7-12(11)17(20)23/h4-7,10,13-14H,8-9H2,1-3H3,(H,19,21)(H,24,25). The van der Waals surface area contributed by atoms with Crippen LogP contribution in [0.1, 0.15) is 41.0 Å². The van der Waals surface area contributed by atoms with Crippen LogP contribution in [0.3, 0.4) is 0 Å². The Balaban J connectivity index is 2.26. The van der Waals surface area contributed by atoms with Crippen LogP contribution in [0.15, 0.2) is 24.3 Å². The zero-order valence-corrected chi connectivity index (χ0v) is 14.9. The summed E-state index contributed by atoms with van der Waals surface area (Å²) in [6.07, 6.45) is 0.0739. The van der Waals surface area contributed by atoms with Crippen LogP contribution in [0.4, 0.5) is 0 Å². The molecule has 8 nitrogen and oxygen atoms in total. The van der Waals surface area contributed by atoms with Crippen molar-refractivity contribution in [1.29, 1.82) is 0 Å². The molecule has 1 aliphatic rings. The zero-order chi connectivity index (χ0) is 19.4. The van der Waals surface area contributed by atoms with Crippen molar-refractivity contribution in [2.45, 2.75) is 32.4 Å². The maximum Gasteiger partial charge on any atom is 0.326 e. The van der Waals surface area contributed by atoms with Crippen molar-refractivity contribution in [2.75, 3.05) is 13.7 Å². The van der Waals surface area contributed by atoms with Gasteiger partial charge in [0.25, 0.3) is 11.8 Å². The van der Waals surface area contributed by atoms with Crippen molar-refractivity contribution in [3.8, 4) is 0 Å². The van der Waals surface area contributed by atoms with Crippen LogP contribution < -0.4 is 5.32 Å². The van der Waals surface area contributed by atoms with Crippen molar-refractivity contribution in [3.63, 3.8) is 0 Å². The average molecular weight is 362 g/mol. The Kier molecular flexibility index (Phi) is 6.10. The molecule has 2 atom stereocenters. The Morgan fingerprint density at radius 3 is 2.12 bits per heavy atom. The maximum absolute atomic E-state index is 12.7. The van der Waals surface area contributed by atoms with Gasteiger partial charge in [-0.25, -0.2) is 4.79 Å². The normalized spacial score (nSPS) is 15.8. The smallest absolute Gasteiger partial charge is 0.326 e. The molecule has 1 aromatic carbocycles. The molecule has 2 rings (SSSR count). The molecular weight excluding hydrogens is 340 g/mol. The van der Waals surface area contributed by atoms with E-state index in [1.54, 1.807) is 26.0 Å². The van der Waals surface area contributed by atoms with Crippen molar-refractivity contribution < 1.29 is 29.0 Å². The lowest BCUT2D eigenvalue weighted by Gasteiger charge is -2.29. The van der Waals surface area contributed by atoms with Crippen LogP contribution in [0.25, 0.3) is 0 Å². The Bertz CT molecular complexity index is 695. The van der Waals surface area contributed by atoms with Crippen LogP contribution in [0.5, 0.6) is 0 Å². The Morgan fingerprint density at radius 1 is 1.15 bits per heavy atom. The van der Waals surface area contributed by atoms with Gasteiger partial charge in [0.05, 0.1) is 11.1 Å². The van der Waals surface area contributed by atoms with Gasteiger partial charge in [-0.1, -0.05) is 26.0 Å². The second-order valence-corrected chi connectivity index (χ2v) is 6.40. The van der Waals surface area contributed by atoms with E-state index in [0.29, 0.717) is 0 Å². The molecule has 0 saturated carbocycles. The molecule has 0 fully saturated rings. The van der Waals surface area contributed by atoms with Crippen LogP contribution >= 0.6 is 0 Å². The largest absolute Gasteiger partial charge is 0.480 e. The second-order valence-electron chi connectivity index (χ2n) is 6.40. The number of nitrogens with one attached hydrogen (secondary N) is 1. The molecule has 0 saturated heterocycles. The summed E-state index contributed by atoms with van der Waals surface area (Å²) in [5.41, 5.74) is 0.482. The number of methoxy groups -OCH3 is 1. The summed E-state index contributed by atoms with van der Waals surface area (Å²) in [4.78, 5) is 50.3. The first-order valence-electron chi connectivity index (χ1n) is 8.28. The summed E-state index contributed by atoms with van der Waals surface area (Å²) in [7, 11) is 1.43. The SMILES string of the molecule is COCCC(NC(=O)C(C(C)C)N1C(=O)c2ccccc2C1=O)C(=O)O. The number of imide groups is 1. The molecule has 1 heterocycles. The Morgan fingerprint density at radius 2 is 1.69 bits per heavy atom. The molecule has 2 N–H and O–H groups in total. The number of carbonyl (C=O) groups excluding carboxylic acids is 3. The van der Waals surface area contributed by atoms with Crippen LogP contribution in [-0.2, 0) is 14.3 Å². The molecule has 1 aromatic rings. The fourth-order valence-electron chi connectivity index (χ4n) is 2.93. The number of aliphatic carboxylic acids is 1. The lowest BCUT2D eigenvalue weighted by atomic mass is 10.0. The number of ether oxygens (including phenoxy) is 1. The second kappa shape index (κ2) is 8.09. The Labute approximate surface area is 151 Å². The highest BCUT2D eigenvalue weighted by Gasteiger charge is 2.44. The summed E-state index contributed by atoms with van der Waals surface area (Å²) in [6.45, 7) is 3.54. The van der Waals surface area contributed by atoms with Crippen molar-refractivity contribution >= 4 is 23.7 Å². The van der Waals surface area contributed by atoms with Crippen molar-refractivity contribution in [2.24, 2.45) is 5.92 Å². The third-order valence-electron chi connectivity index (χ3n) is 4.23. The van der Waals surface area contributed by atoms with Gasteiger partial charge in [0, 0.05) is 20.1 Å². The number of amides is 3. The van der Waals surface area contributed by atoms with E-state index in [-0.39, 0.29) is 24.2 Å². The summed E-state index contributed by atoms with van der Waals surface area (Å²) in [5, 5.41) is 11.7. The number of nitrogens with zero attached hydrogens (tertiary/aromatic N) is 1. The van der Waals surface area contributed by atoms with Gasteiger partial charge < -0.3 is 15.2 Å². The Hall–Kier alpha value is -2.74. The van der Waals surface area contributed by atoms with E-state index in [2.05, 4.69) is 5.32 Å². The van der Waals surface area contributed by atoms with Gasteiger partial charge in [0.1, 0.15) is 12.1 Å². The van der Waals surface area contributed by atoms with Gasteiger partial charge >= 0.3 is 5.97 Å². The van der Waals surface area contributed by atoms with E-state index < -0.39 is 41.7 Å². The van der Waals surface area contributed by atoms with E-state index in [4.69, 9.17) is 4.74 Å². The van der Waals surface area contributed by atoms with E-state index in [1.807, 2.05) is 0 Å². The zero-order valence-electron chi connectivity index (χ0n) is 14.9. The van der Waals surface area contributed by atoms with Crippen LogP contribution in [-0.4, -0.2) is 59.5 Å². The maximum atomic E-state index is 12.7. The minimum atomic E-state index is -1.21. The third kappa shape index (κ3) is 3.75. The number of carboxylic acids is 1. The lowest BCUT2D eigenvalue weighted by Crippen LogP contribution is -2.55. The number of hydrogen-bond donors (Lipinski definition) is 2. The number of hydrogen-bond acceptors (Lipinski definition) is 5. The van der Waals surface area contributed by atoms with Gasteiger partial charge in [0.2, 0.25) is 5.91 Å². The number of carboxylic acid groups (broad SMARTS) is 1. The molecule has 2 unspecified atom stereocenters. The minimum Gasteiger partial charge on any atom is -0.480 e. The van der Waals surface area contributed by atoms with Gasteiger partial charge in [-0.2, -0.15) is 0 Å². The van der Waals surface area contributed by atoms with E-state index in [1.165, 1.54) is 19.2 Å². The first kappa shape index (κ1) is 19.6. The highest BCUT2D eigenvalue weighted by Crippen LogP contribution is 2.27. The number of carbonyl (C=O) groups is 4. The van der Waals surface area contributed by atoms with Crippen LogP contribution in [0.2, 0.25) is 0 Å². The lowest BCUT2D eigenvalue weighted by molar-refractivity contribution is -0.143. The highest BCUT2D eigenvalue weighted by molar-refractivity contribution is 6.22. The molecule has 0 aromatic heterocycles. The molecule has 0 radical (unpaired) electrons. The molecule has 26 heavy (non-hydrogen) atoms. The summed E-state index contributed by atoms with van der Waals surface area (Å²) in [5.74, 6) is -3.39. The fourth-order valence-corrected chi connectivity index (χ4v) is 2.93. The van der Waals surface area contributed by atoms with E-state index in [0.717, 1.165) is 4.90 Å². The van der Waals surface area contributed by atoms with Gasteiger partial charge in [-0.05, 0) is 18.1 Å². The molecule has 3 amide bonds. The van der Waals surface area contributed by atoms with Crippen molar-refractivity contribution in [3.05, 3.63) is 35.4 Å². The molecule has 140 valence electrons. The molecule has 1 aliphatic heterocycles. The summed E-state index contributed by atoms with van der Waals surface area (Å²) < 4.78 is 4.85. The first-order valence-corrected chi connectivity index (χ1v) is 8.28. The highest BCUT2D eigenvalue weighted by atomic mass is 16.5. The van der Waals surface area contributed by atoms with Crippen LogP contribution in [0, 0.1) is 5.92 Å².